The molecule has 3 rings (SSSR count). The van der Waals surface area contributed by atoms with Crippen LogP contribution in [-0.4, -0.2) is 33.2 Å². The van der Waals surface area contributed by atoms with Crippen molar-refractivity contribution in [2.45, 2.75) is 26.2 Å². The van der Waals surface area contributed by atoms with E-state index in [1.54, 1.807) is 24.8 Å². The van der Waals surface area contributed by atoms with Crippen molar-refractivity contribution < 1.29 is 9.53 Å². The number of methoxy groups -OCH3 is 1. The van der Waals surface area contributed by atoms with Crippen molar-refractivity contribution in [2.24, 2.45) is 5.92 Å². The molecule has 0 aliphatic heterocycles. The van der Waals surface area contributed by atoms with E-state index in [2.05, 4.69) is 33.0 Å². The van der Waals surface area contributed by atoms with Crippen LogP contribution in [0.25, 0.3) is 5.69 Å². The van der Waals surface area contributed by atoms with Gasteiger partial charge < -0.3 is 10.1 Å². The third-order valence-corrected chi connectivity index (χ3v) is 3.94. The zero-order chi connectivity index (χ0) is 16.2. The first-order valence-electron chi connectivity index (χ1n) is 7.58. The summed E-state index contributed by atoms with van der Waals surface area (Å²) in [5, 5.41) is 14.5. The van der Waals surface area contributed by atoms with Gasteiger partial charge in [-0.05, 0) is 54.8 Å². The second kappa shape index (κ2) is 6.60. The third kappa shape index (κ3) is 3.23. The molecule has 0 saturated carbocycles. The van der Waals surface area contributed by atoms with Crippen molar-refractivity contribution >= 4 is 11.6 Å². The van der Waals surface area contributed by atoms with Gasteiger partial charge in [0.05, 0.1) is 7.11 Å². The summed E-state index contributed by atoms with van der Waals surface area (Å²) in [5.74, 6) is 1.35. The zero-order valence-corrected chi connectivity index (χ0v) is 13.2. The Bertz CT molecular complexity index is 738. The maximum absolute atomic E-state index is 12.4. The molecule has 120 valence electrons. The molecule has 1 N–H and O–H groups in total. The number of amides is 1. The van der Waals surface area contributed by atoms with Gasteiger partial charge in [0.25, 0.3) is 0 Å². The number of hydrogen-bond donors (Lipinski definition) is 1. The van der Waals surface area contributed by atoms with Crippen molar-refractivity contribution in [3.8, 4) is 11.4 Å². The lowest BCUT2D eigenvalue weighted by Crippen LogP contribution is -2.23. The summed E-state index contributed by atoms with van der Waals surface area (Å²) in [7, 11) is 1.59. The number of anilines is 1. The van der Waals surface area contributed by atoms with Gasteiger partial charge in [-0.3, -0.25) is 4.79 Å². The second-order valence-corrected chi connectivity index (χ2v) is 5.50. The molecule has 1 aromatic heterocycles. The number of ether oxygens (including phenoxy) is 1. The maximum Gasteiger partial charge on any atom is 0.227 e. The van der Waals surface area contributed by atoms with E-state index < -0.39 is 0 Å². The van der Waals surface area contributed by atoms with Gasteiger partial charge in [0.1, 0.15) is 11.4 Å². The van der Waals surface area contributed by atoms with Crippen LogP contribution in [0.3, 0.4) is 0 Å². The van der Waals surface area contributed by atoms with Crippen LogP contribution in [0.4, 0.5) is 5.69 Å². The molecule has 1 amide bonds. The van der Waals surface area contributed by atoms with E-state index in [0.29, 0.717) is 22.9 Å². The Hall–Kier alpha value is -2.70. The lowest BCUT2D eigenvalue weighted by Gasteiger charge is -2.18. The number of carbonyl (C=O) groups is 1. The van der Waals surface area contributed by atoms with Gasteiger partial charge in [-0.25, -0.2) is 0 Å². The summed E-state index contributed by atoms with van der Waals surface area (Å²) in [5.41, 5.74) is 1.39. The maximum atomic E-state index is 12.4. The first kappa shape index (κ1) is 15.2. The van der Waals surface area contributed by atoms with Gasteiger partial charge in [0, 0.05) is 11.6 Å². The van der Waals surface area contributed by atoms with Crippen molar-refractivity contribution in [2.75, 3.05) is 12.4 Å². The highest BCUT2D eigenvalue weighted by molar-refractivity contribution is 5.93. The molecule has 1 unspecified atom stereocenters. The SMILES string of the molecule is COc1ccc(NC(=O)C2CC=CCC2)cc1-n1nnnc1C. The molecule has 1 aliphatic carbocycles. The number of aromatic nitrogens is 4. The molecular formula is C16H19N5O2. The summed E-state index contributed by atoms with van der Waals surface area (Å²) >= 11 is 0. The van der Waals surface area contributed by atoms with E-state index in [-0.39, 0.29) is 11.8 Å². The summed E-state index contributed by atoms with van der Waals surface area (Å²) in [6.07, 6.45) is 6.82. The van der Waals surface area contributed by atoms with Crippen molar-refractivity contribution in [1.29, 1.82) is 0 Å². The Balaban J connectivity index is 1.85. The van der Waals surface area contributed by atoms with Crippen LogP contribution in [0.5, 0.6) is 5.75 Å². The summed E-state index contributed by atoms with van der Waals surface area (Å²) < 4.78 is 6.94. The van der Waals surface area contributed by atoms with Crippen LogP contribution < -0.4 is 10.1 Å². The van der Waals surface area contributed by atoms with Crippen LogP contribution in [0, 0.1) is 12.8 Å². The number of hydrogen-bond acceptors (Lipinski definition) is 5. The van der Waals surface area contributed by atoms with Crippen molar-refractivity contribution in [3.63, 3.8) is 0 Å². The molecule has 0 fully saturated rings. The fraction of sp³-hybridized carbons (Fsp3) is 0.375. The van der Waals surface area contributed by atoms with Crippen molar-refractivity contribution in [3.05, 3.63) is 36.2 Å². The number of tetrazole rings is 1. The standard InChI is InChI=1S/C16H19N5O2/c1-11-18-19-20-21(11)14-10-13(8-9-15(14)23-2)17-16(22)12-6-4-3-5-7-12/h3-4,8-10,12H,5-7H2,1-2H3,(H,17,22). The van der Waals surface area contributed by atoms with Crippen LogP contribution in [0.2, 0.25) is 0 Å². The first-order chi connectivity index (χ1) is 11.2. The smallest absolute Gasteiger partial charge is 0.227 e. The third-order valence-electron chi connectivity index (χ3n) is 3.94. The molecule has 1 aliphatic rings. The zero-order valence-electron chi connectivity index (χ0n) is 13.2. The lowest BCUT2D eigenvalue weighted by atomic mass is 9.93. The van der Waals surface area contributed by atoms with Gasteiger partial charge in [-0.15, -0.1) is 5.10 Å². The molecule has 7 heteroatoms. The van der Waals surface area contributed by atoms with Crippen LogP contribution in [-0.2, 0) is 4.79 Å². The quantitative estimate of drug-likeness (QED) is 0.876. The molecule has 23 heavy (non-hydrogen) atoms. The molecule has 0 spiro atoms. The average Bonchev–Trinajstić information content (AvgIpc) is 3.01. The Morgan fingerprint density at radius 3 is 2.91 bits per heavy atom. The number of aryl methyl sites for hydroxylation is 1. The Morgan fingerprint density at radius 2 is 2.26 bits per heavy atom. The fourth-order valence-corrected chi connectivity index (χ4v) is 2.66. The first-order valence-corrected chi connectivity index (χ1v) is 7.58. The Kier molecular flexibility index (Phi) is 4.36. The molecule has 0 radical (unpaired) electrons. The lowest BCUT2D eigenvalue weighted by molar-refractivity contribution is -0.120. The molecule has 0 bridgehead atoms. The number of rotatable bonds is 4. The molecule has 0 saturated heterocycles. The number of nitrogens with one attached hydrogen (secondary N) is 1. The van der Waals surface area contributed by atoms with E-state index in [1.165, 1.54) is 0 Å². The second-order valence-electron chi connectivity index (χ2n) is 5.50. The monoisotopic (exact) mass is 313 g/mol. The molecule has 2 aromatic rings. The van der Waals surface area contributed by atoms with Crippen LogP contribution in [0.1, 0.15) is 25.1 Å². The topological polar surface area (TPSA) is 81.9 Å². The Labute approximate surface area is 134 Å². The van der Waals surface area contributed by atoms with Crippen LogP contribution in [0.15, 0.2) is 30.4 Å². The summed E-state index contributed by atoms with van der Waals surface area (Å²) in [4.78, 5) is 12.4. The van der Waals surface area contributed by atoms with Gasteiger partial charge in [-0.2, -0.15) is 4.68 Å². The van der Waals surface area contributed by atoms with Crippen molar-refractivity contribution in [1.82, 2.24) is 20.2 Å². The predicted molar refractivity (Wildman–Crippen MR) is 85.6 cm³/mol. The Morgan fingerprint density at radius 1 is 1.39 bits per heavy atom. The molecule has 1 aromatic carbocycles. The average molecular weight is 313 g/mol. The van der Waals surface area contributed by atoms with E-state index in [0.717, 1.165) is 19.3 Å². The summed E-state index contributed by atoms with van der Waals surface area (Å²) in [6.45, 7) is 1.80. The largest absolute Gasteiger partial charge is 0.494 e. The number of nitrogens with zero attached hydrogens (tertiary/aromatic N) is 4. The minimum absolute atomic E-state index is 0.0281. The normalized spacial score (nSPS) is 17.0. The summed E-state index contributed by atoms with van der Waals surface area (Å²) in [6, 6.07) is 5.43. The highest BCUT2D eigenvalue weighted by Gasteiger charge is 2.19. The van der Waals surface area contributed by atoms with E-state index in [9.17, 15) is 4.79 Å². The van der Waals surface area contributed by atoms with E-state index in [1.807, 2.05) is 12.1 Å². The molecule has 1 atom stereocenters. The molecule has 1 heterocycles. The highest BCUT2D eigenvalue weighted by atomic mass is 16.5. The van der Waals surface area contributed by atoms with E-state index >= 15 is 0 Å². The molecule has 7 nitrogen and oxygen atoms in total. The van der Waals surface area contributed by atoms with Gasteiger partial charge in [0.15, 0.2) is 5.82 Å². The van der Waals surface area contributed by atoms with Gasteiger partial charge in [-0.1, -0.05) is 12.2 Å². The highest BCUT2D eigenvalue weighted by Crippen LogP contribution is 2.27. The number of allylic oxidation sites excluding steroid dienone is 2. The van der Waals surface area contributed by atoms with Gasteiger partial charge >= 0.3 is 0 Å². The van der Waals surface area contributed by atoms with Gasteiger partial charge in [0.2, 0.25) is 5.91 Å². The predicted octanol–water partition coefficient (Wildman–Crippen LogP) is 2.27. The number of benzene rings is 1. The van der Waals surface area contributed by atoms with Crippen LogP contribution >= 0.6 is 0 Å². The molecular weight excluding hydrogens is 294 g/mol. The fourth-order valence-electron chi connectivity index (χ4n) is 2.66. The van der Waals surface area contributed by atoms with E-state index in [4.69, 9.17) is 4.74 Å². The minimum atomic E-state index is 0.0281. The number of carbonyl (C=O) groups excluding carboxylic acids is 1. The minimum Gasteiger partial charge on any atom is -0.494 e.